The lowest BCUT2D eigenvalue weighted by Crippen LogP contribution is -2.33. The minimum Gasteiger partial charge on any atom is -0.444 e. The second-order valence-corrected chi connectivity index (χ2v) is 5.79. The van der Waals surface area contributed by atoms with E-state index < -0.39 is 11.7 Å². The molecule has 3 nitrogen and oxygen atoms in total. The van der Waals surface area contributed by atoms with Crippen molar-refractivity contribution in [1.29, 1.82) is 0 Å². The number of halogens is 1. The van der Waals surface area contributed by atoms with Crippen LogP contribution in [0.5, 0.6) is 0 Å². The Bertz CT molecular complexity index is 472. The normalized spacial score (nSPS) is 12.2. The molecule has 0 aliphatic rings. The molecular weight excluding hydrogens is 257 g/mol. The van der Waals surface area contributed by atoms with Gasteiger partial charge in [0.1, 0.15) is 5.60 Å². The van der Waals surface area contributed by atoms with Crippen LogP contribution in [0, 0.1) is 6.92 Å². The number of alkyl carbamates (subject to hydrolysis) is 1. The molecule has 0 fully saturated rings. The van der Waals surface area contributed by atoms with Crippen LogP contribution in [-0.4, -0.2) is 18.2 Å². The zero-order valence-electron chi connectivity index (χ0n) is 12.5. The molecule has 4 heteroatoms. The molecule has 20 heavy (non-hydrogen) atoms. The predicted octanol–water partition coefficient (Wildman–Crippen LogP) is 3.92. The molecule has 0 saturated heterocycles. The lowest BCUT2D eigenvalue weighted by atomic mass is 10.0. The van der Waals surface area contributed by atoms with Crippen LogP contribution in [0.25, 0.3) is 0 Å². The van der Waals surface area contributed by atoms with Gasteiger partial charge in [-0.15, -0.1) is 0 Å². The maximum absolute atomic E-state index is 12.9. The lowest BCUT2D eigenvalue weighted by Gasteiger charge is -2.20. The lowest BCUT2D eigenvalue weighted by molar-refractivity contribution is 0.0532. The molecule has 0 spiro atoms. The number of aryl methyl sites for hydroxylation is 1. The fourth-order valence-corrected chi connectivity index (χ4v) is 1.61. The molecular formula is C16H22FNO2. The zero-order chi connectivity index (χ0) is 15.2. The fraction of sp³-hybridized carbons (Fsp3) is 0.438. The molecule has 1 aromatic carbocycles. The number of ether oxygens (including phenoxy) is 1. The van der Waals surface area contributed by atoms with Gasteiger partial charge >= 0.3 is 6.09 Å². The van der Waals surface area contributed by atoms with Gasteiger partial charge in [0.2, 0.25) is 0 Å². The summed E-state index contributed by atoms with van der Waals surface area (Å²) in [6, 6.07) is 7.86. The summed E-state index contributed by atoms with van der Waals surface area (Å²) in [4.78, 5) is 11.5. The van der Waals surface area contributed by atoms with E-state index in [1.807, 2.05) is 31.2 Å². The first-order valence-electron chi connectivity index (χ1n) is 6.60. The Balaban J connectivity index is 2.48. The number of benzene rings is 1. The number of rotatable bonds is 4. The van der Waals surface area contributed by atoms with E-state index in [4.69, 9.17) is 4.74 Å². The highest BCUT2D eigenvalue weighted by Crippen LogP contribution is 2.10. The average Bonchev–Trinajstić information content (AvgIpc) is 2.34. The number of amides is 1. The molecule has 0 heterocycles. The molecule has 1 aromatic rings. The van der Waals surface area contributed by atoms with Gasteiger partial charge in [-0.25, -0.2) is 9.18 Å². The number of carbonyl (C=O) groups is 1. The van der Waals surface area contributed by atoms with Crippen molar-refractivity contribution in [2.24, 2.45) is 0 Å². The fourth-order valence-electron chi connectivity index (χ4n) is 1.61. The molecule has 0 aliphatic carbocycles. The van der Waals surface area contributed by atoms with E-state index in [2.05, 4.69) is 5.32 Å². The Hall–Kier alpha value is -1.84. The van der Waals surface area contributed by atoms with Gasteiger partial charge < -0.3 is 10.1 Å². The smallest absolute Gasteiger partial charge is 0.407 e. The van der Waals surface area contributed by atoms with Crippen LogP contribution in [0.3, 0.4) is 0 Å². The molecule has 0 bridgehead atoms. The van der Waals surface area contributed by atoms with Gasteiger partial charge in [-0.1, -0.05) is 29.8 Å². The first-order chi connectivity index (χ1) is 9.30. The van der Waals surface area contributed by atoms with Gasteiger partial charge in [0.15, 0.2) is 0 Å². The maximum atomic E-state index is 12.9. The summed E-state index contributed by atoms with van der Waals surface area (Å²) in [7, 11) is 0. The van der Waals surface area contributed by atoms with Crippen molar-refractivity contribution in [3.05, 3.63) is 47.3 Å². The number of hydrogen-bond donors (Lipinski definition) is 1. The molecule has 0 radical (unpaired) electrons. The average molecular weight is 279 g/mol. The van der Waals surface area contributed by atoms with Crippen LogP contribution in [0.2, 0.25) is 0 Å². The number of carbonyl (C=O) groups excluding carboxylic acids is 1. The van der Waals surface area contributed by atoms with Gasteiger partial charge in [0.05, 0.1) is 6.33 Å². The van der Waals surface area contributed by atoms with Crippen LogP contribution in [0.15, 0.2) is 36.2 Å². The third-order valence-corrected chi connectivity index (χ3v) is 2.56. The Morgan fingerprint density at radius 3 is 2.40 bits per heavy atom. The monoisotopic (exact) mass is 279 g/mol. The van der Waals surface area contributed by atoms with Crippen LogP contribution in [0.1, 0.15) is 31.9 Å². The SMILES string of the molecule is Cc1ccc(C/C(=C/F)CNC(=O)OC(C)(C)C)cc1. The Kier molecular flexibility index (Phi) is 5.74. The van der Waals surface area contributed by atoms with Gasteiger partial charge in [0, 0.05) is 6.54 Å². The molecule has 1 N–H and O–H groups in total. The highest BCUT2D eigenvalue weighted by molar-refractivity contribution is 5.68. The van der Waals surface area contributed by atoms with Gasteiger partial charge in [0.25, 0.3) is 0 Å². The summed E-state index contributed by atoms with van der Waals surface area (Å²) in [6.45, 7) is 7.49. The van der Waals surface area contributed by atoms with E-state index in [0.29, 0.717) is 18.3 Å². The second kappa shape index (κ2) is 7.08. The van der Waals surface area contributed by atoms with E-state index in [0.717, 1.165) is 11.1 Å². The summed E-state index contributed by atoms with van der Waals surface area (Å²) in [6.07, 6.45) is 0.463. The minimum atomic E-state index is -0.555. The minimum absolute atomic E-state index is 0.138. The van der Waals surface area contributed by atoms with Crippen LogP contribution >= 0.6 is 0 Å². The van der Waals surface area contributed by atoms with Gasteiger partial charge in [-0.3, -0.25) is 0 Å². The van der Waals surface area contributed by atoms with Gasteiger partial charge in [-0.2, -0.15) is 0 Å². The predicted molar refractivity (Wildman–Crippen MR) is 78.3 cm³/mol. The molecule has 1 rings (SSSR count). The topological polar surface area (TPSA) is 38.3 Å². The maximum Gasteiger partial charge on any atom is 0.407 e. The highest BCUT2D eigenvalue weighted by atomic mass is 19.1. The number of nitrogens with one attached hydrogen (secondary N) is 1. The van der Waals surface area contributed by atoms with Crippen molar-refractivity contribution in [3.63, 3.8) is 0 Å². The first-order valence-corrected chi connectivity index (χ1v) is 6.60. The highest BCUT2D eigenvalue weighted by Gasteiger charge is 2.16. The molecule has 1 amide bonds. The summed E-state index contributed by atoms with van der Waals surface area (Å²) in [5.74, 6) is 0. The van der Waals surface area contributed by atoms with Crippen molar-refractivity contribution in [3.8, 4) is 0 Å². The Morgan fingerprint density at radius 2 is 1.90 bits per heavy atom. The van der Waals surface area contributed by atoms with E-state index in [1.165, 1.54) is 0 Å². The molecule has 0 unspecified atom stereocenters. The van der Waals surface area contributed by atoms with E-state index in [9.17, 15) is 9.18 Å². The van der Waals surface area contributed by atoms with Crippen molar-refractivity contribution in [2.75, 3.05) is 6.54 Å². The summed E-state index contributed by atoms with van der Waals surface area (Å²) < 4.78 is 18.0. The van der Waals surface area contributed by atoms with Crippen LogP contribution in [0.4, 0.5) is 9.18 Å². The van der Waals surface area contributed by atoms with Crippen LogP contribution in [-0.2, 0) is 11.2 Å². The van der Waals surface area contributed by atoms with Crippen molar-refractivity contribution in [2.45, 2.75) is 39.7 Å². The molecule has 0 aromatic heterocycles. The van der Waals surface area contributed by atoms with E-state index >= 15 is 0 Å². The largest absolute Gasteiger partial charge is 0.444 e. The van der Waals surface area contributed by atoms with E-state index in [-0.39, 0.29) is 6.54 Å². The third-order valence-electron chi connectivity index (χ3n) is 2.56. The van der Waals surface area contributed by atoms with Crippen molar-refractivity contribution in [1.82, 2.24) is 5.32 Å². The number of hydrogen-bond acceptors (Lipinski definition) is 2. The van der Waals surface area contributed by atoms with Crippen molar-refractivity contribution < 1.29 is 13.9 Å². The Morgan fingerprint density at radius 1 is 1.30 bits per heavy atom. The quantitative estimate of drug-likeness (QED) is 0.907. The Labute approximate surface area is 119 Å². The molecule has 0 atom stereocenters. The van der Waals surface area contributed by atoms with E-state index in [1.54, 1.807) is 20.8 Å². The van der Waals surface area contributed by atoms with Crippen molar-refractivity contribution >= 4 is 6.09 Å². The van der Waals surface area contributed by atoms with Gasteiger partial charge in [-0.05, 0) is 45.3 Å². The molecule has 110 valence electrons. The summed E-state index contributed by atoms with van der Waals surface area (Å²) in [5.41, 5.74) is 2.11. The summed E-state index contributed by atoms with van der Waals surface area (Å²) in [5, 5.41) is 2.55. The third kappa shape index (κ3) is 6.36. The first kappa shape index (κ1) is 16.2. The van der Waals surface area contributed by atoms with Crippen LogP contribution < -0.4 is 5.32 Å². The zero-order valence-corrected chi connectivity index (χ0v) is 12.5. The molecule has 0 saturated carbocycles. The summed E-state index contributed by atoms with van der Waals surface area (Å²) >= 11 is 0. The standard InChI is InChI=1S/C16H22FNO2/c1-12-5-7-13(8-6-12)9-14(10-17)11-18-15(19)20-16(2,3)4/h5-8,10H,9,11H2,1-4H3,(H,18,19)/b14-10-. The molecule has 0 aliphatic heterocycles. The second-order valence-electron chi connectivity index (χ2n) is 5.79.